The van der Waals surface area contributed by atoms with Crippen LogP contribution in [-0.2, 0) is 10.3 Å². The fraction of sp³-hybridized carbons (Fsp3) is 0.667. The smallest absolute Gasteiger partial charge is 0.232 e. The van der Waals surface area contributed by atoms with E-state index in [1.165, 1.54) is 5.67 Å². The predicted molar refractivity (Wildman–Crippen MR) is 38.8 cm³/mol. The molecule has 0 fully saturated rings. The molecule has 0 aromatic rings. The predicted octanol–water partition coefficient (Wildman–Crippen LogP) is 0.545. The molecule has 0 amide bonds. The Balaban J connectivity index is 0. The molecule has 3 nitrogen and oxygen atoms in total. The van der Waals surface area contributed by atoms with Gasteiger partial charge >= 0.3 is 0 Å². The van der Waals surface area contributed by atoms with Gasteiger partial charge < -0.3 is 4.55 Å². The van der Waals surface area contributed by atoms with E-state index in [1.54, 1.807) is 4.58 Å². The first-order valence-electron chi connectivity index (χ1n) is 1.86. The zero-order valence-electron chi connectivity index (χ0n) is 5.01. The lowest BCUT2D eigenvalue weighted by Gasteiger charge is -1.80. The average Bonchev–Trinajstić information content (AvgIpc) is 1.65. The Morgan fingerprint density at radius 3 is 1.78 bits per heavy atom. The Hall–Kier alpha value is 0.360. The number of rotatable bonds is 0. The van der Waals surface area contributed by atoms with E-state index < -0.39 is 10.3 Å². The van der Waals surface area contributed by atoms with Crippen LogP contribution in [0.15, 0.2) is 0 Å². The molecule has 0 rings (SSSR count). The van der Waals surface area contributed by atoms with Crippen molar-refractivity contribution < 1.29 is 13.3 Å². The molecule has 1 unspecified atom stereocenters. The molecular weight excluding hydrogens is 185 g/mol. The van der Waals surface area contributed by atoms with Gasteiger partial charge in [-0.1, -0.05) is 0 Å². The van der Waals surface area contributed by atoms with Crippen molar-refractivity contribution in [2.75, 3.05) is 14.1 Å². The van der Waals surface area contributed by atoms with Gasteiger partial charge in [0.25, 0.3) is 0 Å². The Bertz CT molecular complexity index is 108. The van der Waals surface area contributed by atoms with Crippen LogP contribution < -0.4 is 0 Å². The third-order valence-corrected chi connectivity index (χ3v) is 0.586. The molecule has 9 heavy (non-hydrogen) atoms. The monoisotopic (exact) mass is 191 g/mol. The molecular formula is C3H7Cl2NO2S. The highest BCUT2D eigenvalue weighted by Crippen LogP contribution is 1.71. The third kappa shape index (κ3) is 60.7. The summed E-state index contributed by atoms with van der Waals surface area (Å²) in [6.07, 6.45) is 0. The topological polar surface area (TPSA) is 43.1 Å². The van der Waals surface area contributed by atoms with E-state index in [0.717, 1.165) is 0 Å². The SMILES string of the molecule is C[N+](C)=CCl.O=S([O-])Cl. The quantitative estimate of drug-likeness (QED) is 0.243. The standard InChI is InChI=1S/C3H7ClN.ClHO2S/c1-5(2)3-4;1-4(2)3/h3H,1-2H3;(H,2,3)/q+1;/p-1. The van der Waals surface area contributed by atoms with Crippen molar-refractivity contribution in [3.8, 4) is 0 Å². The maximum absolute atomic E-state index is 8.77. The Morgan fingerprint density at radius 2 is 1.78 bits per heavy atom. The second-order valence-corrected chi connectivity index (χ2v) is 2.59. The van der Waals surface area contributed by atoms with Gasteiger partial charge in [0.2, 0.25) is 5.67 Å². The average molecular weight is 192 g/mol. The maximum Gasteiger partial charge on any atom is 0.232 e. The summed E-state index contributed by atoms with van der Waals surface area (Å²) in [5.74, 6) is 0. The summed E-state index contributed by atoms with van der Waals surface area (Å²) in [5.41, 5.74) is 1.47. The molecule has 0 radical (unpaired) electrons. The second-order valence-electron chi connectivity index (χ2n) is 1.26. The number of hydrogen-bond donors (Lipinski definition) is 0. The van der Waals surface area contributed by atoms with E-state index in [0.29, 0.717) is 0 Å². The molecule has 0 heterocycles. The minimum absolute atomic E-state index is 1.47. The van der Waals surface area contributed by atoms with E-state index in [-0.39, 0.29) is 0 Å². The highest BCUT2D eigenvalue weighted by molar-refractivity contribution is 8.03. The van der Waals surface area contributed by atoms with Gasteiger partial charge in [0.15, 0.2) is 0 Å². The van der Waals surface area contributed by atoms with Crippen molar-refractivity contribution in [3.05, 3.63) is 0 Å². The van der Waals surface area contributed by atoms with Crippen molar-refractivity contribution in [1.82, 2.24) is 0 Å². The van der Waals surface area contributed by atoms with Gasteiger partial charge in [-0.25, -0.2) is 4.58 Å². The van der Waals surface area contributed by atoms with Gasteiger partial charge in [0, 0.05) is 10.3 Å². The Morgan fingerprint density at radius 1 is 1.67 bits per heavy atom. The summed E-state index contributed by atoms with van der Waals surface area (Å²) in [6, 6.07) is 0. The Labute approximate surface area is 66.1 Å². The molecule has 0 aromatic carbocycles. The highest BCUT2D eigenvalue weighted by Gasteiger charge is 1.67. The Kier molecular flexibility index (Phi) is 11.2. The molecule has 0 saturated carbocycles. The fourth-order valence-electron chi connectivity index (χ4n) is 0. The summed E-state index contributed by atoms with van der Waals surface area (Å²) in [4.78, 5) is 0. The molecule has 0 aliphatic rings. The largest absolute Gasteiger partial charge is 0.760 e. The molecule has 0 bridgehead atoms. The maximum atomic E-state index is 8.77. The van der Waals surface area contributed by atoms with Crippen LogP contribution in [-0.4, -0.2) is 33.1 Å². The van der Waals surface area contributed by atoms with E-state index in [1.807, 2.05) is 14.1 Å². The van der Waals surface area contributed by atoms with Crippen LogP contribution in [0.25, 0.3) is 0 Å². The van der Waals surface area contributed by atoms with Gasteiger partial charge in [-0.2, -0.15) is 0 Å². The van der Waals surface area contributed by atoms with Gasteiger partial charge in [-0.05, 0) is 22.3 Å². The highest BCUT2D eigenvalue weighted by atomic mass is 35.7. The van der Waals surface area contributed by atoms with Crippen LogP contribution >= 0.6 is 22.3 Å². The normalized spacial score (nSPS) is 10.8. The van der Waals surface area contributed by atoms with Crippen LogP contribution in [0.5, 0.6) is 0 Å². The summed E-state index contributed by atoms with van der Waals surface area (Å²) in [7, 11) is 5.54. The molecule has 0 N–H and O–H groups in total. The molecule has 0 aliphatic heterocycles. The summed E-state index contributed by atoms with van der Waals surface area (Å²) < 4.78 is 19.3. The van der Waals surface area contributed by atoms with Crippen molar-refractivity contribution in [1.29, 1.82) is 0 Å². The first kappa shape index (κ1) is 12.1. The third-order valence-electron chi connectivity index (χ3n) is 0.195. The molecule has 0 spiro atoms. The van der Waals surface area contributed by atoms with Gasteiger partial charge in [0.05, 0.1) is 0 Å². The summed E-state index contributed by atoms with van der Waals surface area (Å²) >= 11 is 5.14. The number of nitrogens with zero attached hydrogens (tertiary/aromatic N) is 1. The van der Waals surface area contributed by atoms with Gasteiger partial charge in [-0.15, -0.1) is 0 Å². The second kappa shape index (κ2) is 8.36. The van der Waals surface area contributed by atoms with Crippen molar-refractivity contribution in [2.45, 2.75) is 0 Å². The lowest BCUT2D eigenvalue weighted by atomic mass is 11.1. The zero-order valence-corrected chi connectivity index (χ0v) is 7.33. The summed E-state index contributed by atoms with van der Waals surface area (Å²) in [5, 5.41) is 0. The van der Waals surface area contributed by atoms with E-state index >= 15 is 0 Å². The van der Waals surface area contributed by atoms with E-state index in [2.05, 4.69) is 10.7 Å². The van der Waals surface area contributed by atoms with Gasteiger partial charge in [0.1, 0.15) is 14.1 Å². The van der Waals surface area contributed by atoms with Crippen LogP contribution in [0.2, 0.25) is 0 Å². The van der Waals surface area contributed by atoms with Crippen molar-refractivity contribution in [2.24, 2.45) is 0 Å². The van der Waals surface area contributed by atoms with Crippen LogP contribution in [0.3, 0.4) is 0 Å². The molecule has 56 valence electrons. The lowest BCUT2D eigenvalue weighted by molar-refractivity contribution is -0.457. The van der Waals surface area contributed by atoms with Crippen LogP contribution in [0.1, 0.15) is 0 Å². The molecule has 0 saturated heterocycles. The zero-order chi connectivity index (χ0) is 7.86. The van der Waals surface area contributed by atoms with Crippen molar-refractivity contribution in [3.63, 3.8) is 0 Å². The molecule has 1 atom stereocenters. The first-order chi connectivity index (χ1) is 4.00. The van der Waals surface area contributed by atoms with Gasteiger partial charge in [-0.3, -0.25) is 4.21 Å². The fourth-order valence-corrected chi connectivity index (χ4v) is 0. The van der Waals surface area contributed by atoms with E-state index in [9.17, 15) is 0 Å². The number of halogens is 2. The lowest BCUT2D eigenvalue weighted by Crippen LogP contribution is -1.91. The van der Waals surface area contributed by atoms with Crippen LogP contribution in [0.4, 0.5) is 0 Å². The van der Waals surface area contributed by atoms with E-state index in [4.69, 9.17) is 20.4 Å². The van der Waals surface area contributed by atoms with Crippen LogP contribution in [0, 0.1) is 0 Å². The van der Waals surface area contributed by atoms with Crippen molar-refractivity contribution >= 4 is 38.3 Å². The molecule has 6 heteroatoms. The first-order valence-corrected chi connectivity index (χ1v) is 4.20. The molecule has 0 aromatic heterocycles. The minimum Gasteiger partial charge on any atom is -0.760 e. The molecule has 0 aliphatic carbocycles. The summed E-state index contributed by atoms with van der Waals surface area (Å²) in [6.45, 7) is 0. The minimum atomic E-state index is -2.39. The number of hydrogen-bond acceptors (Lipinski definition) is 2.